The molecule has 0 bridgehead atoms. The number of hydrogen-bond donors (Lipinski definition) is 2. The molecule has 0 aromatic rings. The van der Waals surface area contributed by atoms with E-state index in [1.54, 1.807) is 0 Å². The molecule has 4 N–H and O–H groups in total. The molecule has 0 aromatic carbocycles. The van der Waals surface area contributed by atoms with Gasteiger partial charge in [-0.2, -0.15) is 13.2 Å². The van der Waals surface area contributed by atoms with Crippen LogP contribution in [0.2, 0.25) is 0 Å². The largest absolute Gasteiger partial charge is 0.389 e. The lowest BCUT2D eigenvalue weighted by atomic mass is 9.92. The lowest BCUT2D eigenvalue weighted by Gasteiger charge is -2.36. The van der Waals surface area contributed by atoms with Gasteiger partial charge in [-0.15, -0.1) is 0 Å². The zero-order valence-electron chi connectivity index (χ0n) is 8.63. The predicted molar refractivity (Wildman–Crippen MR) is 52.2 cm³/mol. The molecule has 1 heterocycles. The Balaban J connectivity index is 2.44. The van der Waals surface area contributed by atoms with E-state index in [0.29, 0.717) is 32.6 Å². The molecule has 0 radical (unpaired) electrons. The number of piperidine rings is 1. The van der Waals surface area contributed by atoms with Gasteiger partial charge in [-0.05, 0) is 12.3 Å². The molecule has 0 spiro atoms. The summed E-state index contributed by atoms with van der Waals surface area (Å²) in [5.74, 6) is -0.375. The van der Waals surface area contributed by atoms with Crippen LogP contribution in [-0.4, -0.2) is 43.3 Å². The normalized spacial score (nSPS) is 29.4. The molecule has 1 aliphatic rings. The van der Waals surface area contributed by atoms with E-state index >= 15 is 0 Å². The minimum atomic E-state index is -4.09. The molecule has 0 saturated carbocycles. The molecule has 3 nitrogen and oxygen atoms in total. The van der Waals surface area contributed by atoms with Crippen molar-refractivity contribution in [2.75, 3.05) is 26.2 Å². The highest BCUT2D eigenvalue weighted by atomic mass is 19.4. The fraction of sp³-hybridized carbons (Fsp3) is 1.00. The van der Waals surface area contributed by atoms with E-state index in [1.165, 1.54) is 0 Å². The number of halogens is 3. The summed E-state index contributed by atoms with van der Waals surface area (Å²) in [4.78, 5) is 1.92. The van der Waals surface area contributed by atoms with Crippen LogP contribution in [0.4, 0.5) is 13.2 Å². The van der Waals surface area contributed by atoms with E-state index in [-0.39, 0.29) is 12.0 Å². The molecule has 2 unspecified atom stereocenters. The first kappa shape index (κ1) is 12.7. The maximum Gasteiger partial charge on any atom is 0.389 e. The fourth-order valence-corrected chi connectivity index (χ4v) is 2.19. The number of likely N-dealkylation sites (tertiary alicyclic amines) is 1. The number of nitrogens with two attached hydrogens (primary N) is 2. The van der Waals surface area contributed by atoms with Crippen molar-refractivity contribution in [3.63, 3.8) is 0 Å². The minimum absolute atomic E-state index is 0.155. The van der Waals surface area contributed by atoms with Gasteiger partial charge in [-0.25, -0.2) is 0 Å². The smallest absolute Gasteiger partial charge is 0.329 e. The molecule has 1 aliphatic heterocycles. The van der Waals surface area contributed by atoms with E-state index in [1.807, 2.05) is 4.90 Å². The zero-order chi connectivity index (χ0) is 11.5. The van der Waals surface area contributed by atoms with Crippen LogP contribution < -0.4 is 11.5 Å². The van der Waals surface area contributed by atoms with Crippen LogP contribution in [0.1, 0.15) is 12.8 Å². The second-order valence-corrected chi connectivity index (χ2v) is 4.23. The molecular formula is C9H18F3N3. The molecule has 2 atom stereocenters. The highest BCUT2D eigenvalue weighted by Crippen LogP contribution is 2.29. The molecular weight excluding hydrogens is 207 g/mol. The van der Waals surface area contributed by atoms with Gasteiger partial charge in [0, 0.05) is 38.6 Å². The van der Waals surface area contributed by atoms with Crippen LogP contribution in [0.25, 0.3) is 0 Å². The third kappa shape index (κ3) is 4.81. The van der Waals surface area contributed by atoms with Gasteiger partial charge >= 0.3 is 6.18 Å². The Labute approximate surface area is 87.6 Å². The Morgan fingerprint density at radius 3 is 2.47 bits per heavy atom. The first-order valence-corrected chi connectivity index (χ1v) is 5.15. The van der Waals surface area contributed by atoms with Crippen LogP contribution in [-0.2, 0) is 0 Å². The third-order valence-corrected chi connectivity index (χ3v) is 2.61. The fourth-order valence-electron chi connectivity index (χ4n) is 2.19. The first-order valence-electron chi connectivity index (χ1n) is 5.15. The number of rotatable bonds is 3. The Morgan fingerprint density at radius 2 is 1.93 bits per heavy atom. The van der Waals surface area contributed by atoms with Crippen molar-refractivity contribution in [2.24, 2.45) is 17.4 Å². The Kier molecular flexibility index (Phi) is 4.36. The summed E-state index contributed by atoms with van der Waals surface area (Å²) in [6.07, 6.45) is -4.36. The van der Waals surface area contributed by atoms with E-state index in [0.717, 1.165) is 0 Å². The van der Waals surface area contributed by atoms with Crippen molar-refractivity contribution in [3.8, 4) is 0 Å². The van der Waals surface area contributed by atoms with Crippen LogP contribution in [0, 0.1) is 5.92 Å². The van der Waals surface area contributed by atoms with E-state index in [4.69, 9.17) is 11.5 Å². The Hall–Kier alpha value is -0.330. The molecule has 1 saturated heterocycles. The van der Waals surface area contributed by atoms with Gasteiger partial charge in [0.05, 0.1) is 0 Å². The Morgan fingerprint density at radius 1 is 1.27 bits per heavy atom. The van der Waals surface area contributed by atoms with E-state index in [2.05, 4.69) is 0 Å². The van der Waals surface area contributed by atoms with Crippen molar-refractivity contribution in [1.82, 2.24) is 4.90 Å². The van der Waals surface area contributed by atoms with Crippen LogP contribution in [0.3, 0.4) is 0 Å². The van der Waals surface area contributed by atoms with Gasteiger partial charge in [-0.1, -0.05) is 0 Å². The molecule has 15 heavy (non-hydrogen) atoms. The van der Waals surface area contributed by atoms with Crippen LogP contribution in [0.5, 0.6) is 0 Å². The van der Waals surface area contributed by atoms with Crippen molar-refractivity contribution in [3.05, 3.63) is 0 Å². The summed E-state index contributed by atoms with van der Waals surface area (Å²) in [7, 11) is 0. The predicted octanol–water partition coefficient (Wildman–Crippen LogP) is 0.547. The van der Waals surface area contributed by atoms with Gasteiger partial charge in [0.15, 0.2) is 0 Å². The summed E-state index contributed by atoms with van der Waals surface area (Å²) in [6, 6.07) is -0.155. The Bertz CT molecular complexity index is 196. The third-order valence-electron chi connectivity index (χ3n) is 2.61. The zero-order valence-corrected chi connectivity index (χ0v) is 8.63. The quantitative estimate of drug-likeness (QED) is 0.737. The van der Waals surface area contributed by atoms with Gasteiger partial charge in [0.2, 0.25) is 0 Å². The molecule has 0 aromatic heterocycles. The molecule has 1 rings (SSSR count). The summed E-state index contributed by atoms with van der Waals surface area (Å²) in [5.41, 5.74) is 11.1. The van der Waals surface area contributed by atoms with E-state index < -0.39 is 12.6 Å². The van der Waals surface area contributed by atoms with Crippen molar-refractivity contribution < 1.29 is 13.2 Å². The maximum atomic E-state index is 12.2. The molecule has 0 amide bonds. The molecule has 90 valence electrons. The van der Waals surface area contributed by atoms with Crippen molar-refractivity contribution in [1.29, 1.82) is 0 Å². The summed E-state index contributed by atoms with van der Waals surface area (Å²) in [6.45, 7) is 2.21. The maximum absolute atomic E-state index is 12.2. The molecule has 6 heteroatoms. The van der Waals surface area contributed by atoms with Crippen molar-refractivity contribution >= 4 is 0 Å². The van der Waals surface area contributed by atoms with Gasteiger partial charge in [0.1, 0.15) is 0 Å². The molecule has 1 fully saturated rings. The summed E-state index contributed by atoms with van der Waals surface area (Å²) >= 11 is 0. The van der Waals surface area contributed by atoms with Crippen molar-refractivity contribution in [2.45, 2.75) is 25.1 Å². The summed E-state index contributed by atoms with van der Waals surface area (Å²) in [5, 5.41) is 0. The lowest BCUT2D eigenvalue weighted by Crippen LogP contribution is -2.49. The average molecular weight is 225 g/mol. The lowest BCUT2D eigenvalue weighted by molar-refractivity contribution is -0.148. The second-order valence-electron chi connectivity index (χ2n) is 4.23. The van der Waals surface area contributed by atoms with Gasteiger partial charge in [0.25, 0.3) is 0 Å². The topological polar surface area (TPSA) is 55.3 Å². The number of alkyl halides is 3. The number of nitrogens with zero attached hydrogens (tertiary/aromatic N) is 1. The highest BCUT2D eigenvalue weighted by molar-refractivity contribution is 4.82. The minimum Gasteiger partial charge on any atom is -0.329 e. The standard InChI is InChI=1S/C9H18F3N3/c10-9(11,12)4-7-3-8(14)6-15(5-7)2-1-13/h7-8H,1-6,13-14H2. The average Bonchev–Trinajstić information content (AvgIpc) is 1.99. The van der Waals surface area contributed by atoms with Gasteiger partial charge in [-0.3, -0.25) is 0 Å². The van der Waals surface area contributed by atoms with Crippen LogP contribution in [0.15, 0.2) is 0 Å². The molecule has 0 aliphatic carbocycles. The van der Waals surface area contributed by atoms with E-state index in [9.17, 15) is 13.2 Å². The SMILES string of the molecule is NCCN1CC(N)CC(CC(F)(F)F)C1. The van der Waals surface area contributed by atoms with Gasteiger partial charge < -0.3 is 16.4 Å². The highest BCUT2D eigenvalue weighted by Gasteiger charge is 2.35. The monoisotopic (exact) mass is 225 g/mol. The van der Waals surface area contributed by atoms with Crippen LogP contribution >= 0.6 is 0 Å². The summed E-state index contributed by atoms with van der Waals surface area (Å²) < 4.78 is 36.6. The number of hydrogen-bond acceptors (Lipinski definition) is 3. The first-order chi connectivity index (χ1) is 6.90. The second kappa shape index (κ2) is 5.14.